The van der Waals surface area contributed by atoms with E-state index in [4.69, 9.17) is 4.74 Å². The number of nitrogens with one attached hydrogen (secondary N) is 3. The van der Waals surface area contributed by atoms with E-state index in [1.807, 2.05) is 0 Å². The van der Waals surface area contributed by atoms with Crippen LogP contribution in [-0.4, -0.2) is 47.8 Å². The molecule has 1 aliphatic heterocycles. The summed E-state index contributed by atoms with van der Waals surface area (Å²) >= 11 is 0. The van der Waals surface area contributed by atoms with Crippen LogP contribution < -0.4 is 14.8 Å². The van der Waals surface area contributed by atoms with Gasteiger partial charge >= 0.3 is 0 Å². The molecule has 6 nitrogen and oxygen atoms in total. The molecule has 0 amide bonds. The first-order valence-corrected chi connectivity index (χ1v) is 7.09. The molecule has 0 aromatic rings. The van der Waals surface area contributed by atoms with Gasteiger partial charge < -0.3 is 10.1 Å². The number of hydrogen-bond acceptors (Lipinski definition) is 4. The van der Waals surface area contributed by atoms with E-state index in [0.29, 0.717) is 13.2 Å². The summed E-state index contributed by atoms with van der Waals surface area (Å²) in [6, 6.07) is 0.0371. The van der Waals surface area contributed by atoms with E-state index in [-0.39, 0.29) is 6.04 Å². The van der Waals surface area contributed by atoms with Crippen molar-refractivity contribution in [1.29, 1.82) is 0 Å². The molecule has 1 heterocycles. The second-order valence-electron chi connectivity index (χ2n) is 3.89. The van der Waals surface area contributed by atoms with Gasteiger partial charge in [0.05, 0.1) is 6.61 Å². The Morgan fingerprint density at radius 2 is 2.19 bits per heavy atom. The molecule has 0 aromatic heterocycles. The van der Waals surface area contributed by atoms with Gasteiger partial charge in [-0.2, -0.15) is 17.9 Å². The molecule has 0 aliphatic carbocycles. The zero-order valence-electron chi connectivity index (χ0n) is 9.66. The van der Waals surface area contributed by atoms with Crippen LogP contribution in [0.3, 0.4) is 0 Å². The standard InChI is InChI=1S/C9H21N3O3S/c1-15-8-7-11-16(13,14)12-9-3-2-5-10-6-4-9/h9-12H,2-8H2,1H3. The quantitative estimate of drug-likeness (QED) is 0.540. The molecule has 0 spiro atoms. The summed E-state index contributed by atoms with van der Waals surface area (Å²) in [6.07, 6.45) is 2.73. The van der Waals surface area contributed by atoms with Crippen molar-refractivity contribution < 1.29 is 13.2 Å². The number of ether oxygens (including phenoxy) is 1. The van der Waals surface area contributed by atoms with Gasteiger partial charge in [0.1, 0.15) is 0 Å². The lowest BCUT2D eigenvalue weighted by molar-refractivity contribution is 0.204. The highest BCUT2D eigenvalue weighted by molar-refractivity contribution is 7.87. The molecule has 16 heavy (non-hydrogen) atoms. The molecule has 3 N–H and O–H groups in total. The van der Waals surface area contributed by atoms with Crippen molar-refractivity contribution in [3.63, 3.8) is 0 Å². The van der Waals surface area contributed by atoms with Crippen molar-refractivity contribution in [3.05, 3.63) is 0 Å². The molecular weight excluding hydrogens is 230 g/mol. The second kappa shape index (κ2) is 7.18. The minimum absolute atomic E-state index is 0.0371. The summed E-state index contributed by atoms with van der Waals surface area (Å²) < 4.78 is 33.1. The van der Waals surface area contributed by atoms with Gasteiger partial charge in [0.2, 0.25) is 0 Å². The average Bonchev–Trinajstić information content (AvgIpc) is 2.46. The van der Waals surface area contributed by atoms with Crippen LogP contribution in [-0.2, 0) is 14.9 Å². The highest BCUT2D eigenvalue weighted by Gasteiger charge is 2.18. The molecule has 0 bridgehead atoms. The van der Waals surface area contributed by atoms with Gasteiger partial charge in [0.15, 0.2) is 0 Å². The monoisotopic (exact) mass is 251 g/mol. The number of methoxy groups -OCH3 is 1. The van der Waals surface area contributed by atoms with E-state index >= 15 is 0 Å². The summed E-state index contributed by atoms with van der Waals surface area (Å²) in [5.41, 5.74) is 0. The van der Waals surface area contributed by atoms with Crippen molar-refractivity contribution in [1.82, 2.24) is 14.8 Å². The summed E-state index contributed by atoms with van der Waals surface area (Å²) in [4.78, 5) is 0. The number of rotatable bonds is 6. The minimum Gasteiger partial charge on any atom is -0.383 e. The van der Waals surface area contributed by atoms with Gasteiger partial charge in [-0.25, -0.2) is 0 Å². The van der Waals surface area contributed by atoms with Gasteiger partial charge in [-0.05, 0) is 32.4 Å². The van der Waals surface area contributed by atoms with Crippen LogP contribution in [0.25, 0.3) is 0 Å². The first-order chi connectivity index (χ1) is 7.64. The fourth-order valence-electron chi connectivity index (χ4n) is 1.68. The zero-order valence-corrected chi connectivity index (χ0v) is 10.5. The lowest BCUT2D eigenvalue weighted by Gasteiger charge is -2.16. The molecule has 96 valence electrons. The van der Waals surface area contributed by atoms with Gasteiger partial charge in [0, 0.05) is 19.7 Å². The van der Waals surface area contributed by atoms with Crippen molar-refractivity contribution in [2.45, 2.75) is 25.3 Å². The molecule has 1 fully saturated rings. The maximum absolute atomic E-state index is 11.6. The third kappa shape index (κ3) is 5.76. The average molecular weight is 251 g/mol. The second-order valence-corrected chi connectivity index (χ2v) is 5.42. The van der Waals surface area contributed by atoms with Crippen LogP contribution in [0.15, 0.2) is 0 Å². The fraction of sp³-hybridized carbons (Fsp3) is 1.00. The normalized spacial score (nSPS) is 22.9. The highest BCUT2D eigenvalue weighted by atomic mass is 32.2. The Kier molecular flexibility index (Phi) is 6.22. The van der Waals surface area contributed by atoms with Gasteiger partial charge in [-0.1, -0.05) is 0 Å². The Balaban J connectivity index is 2.32. The van der Waals surface area contributed by atoms with Crippen molar-refractivity contribution >= 4 is 10.2 Å². The predicted octanol–water partition coefficient (Wildman–Crippen LogP) is -0.801. The summed E-state index contributed by atoms with van der Waals surface area (Å²) in [5, 5.41) is 3.24. The molecular formula is C9H21N3O3S. The molecule has 1 saturated heterocycles. The zero-order chi connectivity index (χ0) is 11.9. The van der Waals surface area contributed by atoms with Crippen LogP contribution in [0.5, 0.6) is 0 Å². The smallest absolute Gasteiger partial charge is 0.277 e. The van der Waals surface area contributed by atoms with Crippen LogP contribution >= 0.6 is 0 Å². The first kappa shape index (κ1) is 13.9. The number of hydrogen-bond donors (Lipinski definition) is 3. The summed E-state index contributed by atoms with van der Waals surface area (Å²) in [7, 11) is -1.84. The van der Waals surface area contributed by atoms with E-state index in [9.17, 15) is 8.42 Å². The Labute approximate surface area is 97.3 Å². The third-order valence-electron chi connectivity index (χ3n) is 2.50. The van der Waals surface area contributed by atoms with Crippen LogP contribution in [0.1, 0.15) is 19.3 Å². The highest BCUT2D eigenvalue weighted by Crippen LogP contribution is 2.05. The van der Waals surface area contributed by atoms with Crippen LogP contribution in [0.2, 0.25) is 0 Å². The molecule has 0 radical (unpaired) electrons. The van der Waals surface area contributed by atoms with E-state index < -0.39 is 10.2 Å². The summed E-state index contributed by atoms with van der Waals surface area (Å²) in [6.45, 7) is 2.52. The lowest BCUT2D eigenvalue weighted by Crippen LogP contribution is -2.43. The van der Waals surface area contributed by atoms with E-state index in [0.717, 1.165) is 32.4 Å². The minimum atomic E-state index is -3.38. The van der Waals surface area contributed by atoms with Crippen molar-refractivity contribution in [3.8, 4) is 0 Å². The Morgan fingerprint density at radius 3 is 2.94 bits per heavy atom. The van der Waals surface area contributed by atoms with Gasteiger partial charge in [-0.15, -0.1) is 0 Å². The molecule has 1 aliphatic rings. The predicted molar refractivity (Wildman–Crippen MR) is 62.4 cm³/mol. The molecule has 7 heteroatoms. The van der Waals surface area contributed by atoms with Crippen molar-refractivity contribution in [2.75, 3.05) is 33.4 Å². The Morgan fingerprint density at radius 1 is 1.38 bits per heavy atom. The lowest BCUT2D eigenvalue weighted by atomic mass is 10.1. The van der Waals surface area contributed by atoms with Gasteiger partial charge in [0.25, 0.3) is 10.2 Å². The largest absolute Gasteiger partial charge is 0.383 e. The maximum atomic E-state index is 11.6. The molecule has 1 atom stereocenters. The van der Waals surface area contributed by atoms with E-state index in [1.54, 1.807) is 7.11 Å². The van der Waals surface area contributed by atoms with Crippen LogP contribution in [0.4, 0.5) is 0 Å². The molecule has 1 rings (SSSR count). The summed E-state index contributed by atoms with van der Waals surface area (Å²) in [5.74, 6) is 0. The molecule has 1 unspecified atom stereocenters. The molecule has 0 saturated carbocycles. The third-order valence-corrected chi connectivity index (χ3v) is 3.72. The Hall–Kier alpha value is -0.210. The first-order valence-electron chi connectivity index (χ1n) is 5.60. The van der Waals surface area contributed by atoms with Crippen molar-refractivity contribution in [2.24, 2.45) is 0 Å². The maximum Gasteiger partial charge on any atom is 0.277 e. The van der Waals surface area contributed by atoms with Crippen LogP contribution in [0, 0.1) is 0 Å². The topological polar surface area (TPSA) is 79.5 Å². The molecule has 0 aromatic carbocycles. The SMILES string of the molecule is COCCNS(=O)(=O)NC1CCCNCC1. The van der Waals surface area contributed by atoms with E-state index in [1.165, 1.54) is 0 Å². The Bertz CT molecular complexity index is 274. The fourth-order valence-corrected chi connectivity index (χ4v) is 2.79. The van der Waals surface area contributed by atoms with Gasteiger partial charge in [-0.3, -0.25) is 0 Å². The van der Waals surface area contributed by atoms with E-state index in [2.05, 4.69) is 14.8 Å².